The molecule has 5 heteroatoms. The van der Waals surface area contributed by atoms with Crippen LogP contribution in [0, 0.1) is 5.92 Å². The summed E-state index contributed by atoms with van der Waals surface area (Å²) in [5.41, 5.74) is 0.834. The summed E-state index contributed by atoms with van der Waals surface area (Å²) in [4.78, 5) is 10.7. The number of rotatable bonds is 6. The second-order valence-electron chi connectivity index (χ2n) is 4.71. The van der Waals surface area contributed by atoms with Crippen molar-refractivity contribution in [3.05, 3.63) is 29.8 Å². The molecule has 0 saturated carbocycles. The fourth-order valence-corrected chi connectivity index (χ4v) is 3.27. The number of hydrogen-bond donors (Lipinski definition) is 1. The first-order chi connectivity index (χ1) is 8.31. The molecular formula is C13H18O4S. The van der Waals surface area contributed by atoms with Crippen LogP contribution in [0.25, 0.3) is 0 Å². The van der Waals surface area contributed by atoms with Crippen molar-refractivity contribution in [2.24, 2.45) is 5.92 Å². The second kappa shape index (κ2) is 6.00. The molecule has 0 aliphatic heterocycles. The lowest BCUT2D eigenvalue weighted by atomic mass is 10.1. The van der Waals surface area contributed by atoms with E-state index >= 15 is 0 Å². The standard InChI is InChI=1S/C13H18O4S/c1-10(2)9-18(16,17)12-6-3-11(4-7-12)5-8-13(14)15/h3-4,6-7,10H,5,8-9H2,1-2H3,(H,14,15). The van der Waals surface area contributed by atoms with Crippen LogP contribution < -0.4 is 0 Å². The summed E-state index contributed by atoms with van der Waals surface area (Å²) in [6.07, 6.45) is 0.470. The molecule has 0 aromatic heterocycles. The minimum atomic E-state index is -3.22. The van der Waals surface area contributed by atoms with Crippen molar-refractivity contribution in [1.82, 2.24) is 0 Å². The highest BCUT2D eigenvalue weighted by Gasteiger charge is 2.15. The number of carboxylic acids is 1. The highest BCUT2D eigenvalue weighted by Crippen LogP contribution is 2.15. The van der Waals surface area contributed by atoms with Gasteiger partial charge in [0, 0.05) is 6.42 Å². The Morgan fingerprint density at radius 3 is 2.22 bits per heavy atom. The molecule has 1 N–H and O–H groups in total. The third-order valence-electron chi connectivity index (χ3n) is 2.46. The van der Waals surface area contributed by atoms with Gasteiger partial charge < -0.3 is 5.11 Å². The van der Waals surface area contributed by atoms with Crippen molar-refractivity contribution in [2.75, 3.05) is 5.75 Å². The third kappa shape index (κ3) is 4.49. The van der Waals surface area contributed by atoms with Gasteiger partial charge in [0.15, 0.2) is 9.84 Å². The summed E-state index contributed by atoms with van der Waals surface area (Å²) >= 11 is 0. The summed E-state index contributed by atoms with van der Waals surface area (Å²) in [6.45, 7) is 3.72. The van der Waals surface area contributed by atoms with Crippen molar-refractivity contribution in [1.29, 1.82) is 0 Å². The lowest BCUT2D eigenvalue weighted by Gasteiger charge is -2.07. The number of sulfone groups is 1. The van der Waals surface area contributed by atoms with Gasteiger partial charge in [0.2, 0.25) is 0 Å². The van der Waals surface area contributed by atoms with Crippen LogP contribution >= 0.6 is 0 Å². The van der Waals surface area contributed by atoms with Gasteiger partial charge in [0.05, 0.1) is 10.6 Å². The van der Waals surface area contributed by atoms with Crippen molar-refractivity contribution in [2.45, 2.75) is 31.6 Å². The minimum Gasteiger partial charge on any atom is -0.481 e. The van der Waals surface area contributed by atoms with Crippen LogP contribution in [-0.4, -0.2) is 25.2 Å². The van der Waals surface area contributed by atoms with Crippen molar-refractivity contribution >= 4 is 15.8 Å². The molecule has 0 saturated heterocycles. The molecule has 0 amide bonds. The monoisotopic (exact) mass is 270 g/mol. The average Bonchev–Trinajstić information content (AvgIpc) is 2.25. The lowest BCUT2D eigenvalue weighted by molar-refractivity contribution is -0.136. The van der Waals surface area contributed by atoms with Crippen LogP contribution in [0.15, 0.2) is 29.2 Å². The normalized spacial score (nSPS) is 11.7. The Labute approximate surface area is 108 Å². The number of hydrogen-bond acceptors (Lipinski definition) is 3. The molecule has 4 nitrogen and oxygen atoms in total. The molecule has 100 valence electrons. The number of benzene rings is 1. The topological polar surface area (TPSA) is 71.4 Å². The molecule has 0 aliphatic rings. The zero-order chi connectivity index (χ0) is 13.8. The van der Waals surface area contributed by atoms with Crippen molar-refractivity contribution < 1.29 is 18.3 Å². The van der Waals surface area contributed by atoms with Crippen LogP contribution in [-0.2, 0) is 21.1 Å². The zero-order valence-electron chi connectivity index (χ0n) is 10.6. The molecule has 0 aliphatic carbocycles. The van der Waals surface area contributed by atoms with Gasteiger partial charge in [-0.05, 0) is 30.0 Å². The quantitative estimate of drug-likeness (QED) is 0.859. The number of carbonyl (C=O) groups is 1. The maximum atomic E-state index is 11.9. The predicted octanol–water partition coefficient (Wildman–Crippen LogP) is 2.13. The SMILES string of the molecule is CC(C)CS(=O)(=O)c1ccc(CCC(=O)O)cc1. The average molecular weight is 270 g/mol. The fourth-order valence-electron chi connectivity index (χ4n) is 1.65. The van der Waals surface area contributed by atoms with E-state index in [1.165, 1.54) is 0 Å². The molecule has 0 heterocycles. The zero-order valence-corrected chi connectivity index (χ0v) is 11.4. The summed E-state index contributed by atoms with van der Waals surface area (Å²) in [5, 5.41) is 8.56. The maximum absolute atomic E-state index is 11.9. The van der Waals surface area contributed by atoms with Crippen LogP contribution in [0.5, 0.6) is 0 Å². The van der Waals surface area contributed by atoms with Gasteiger partial charge in [-0.2, -0.15) is 0 Å². The van der Waals surface area contributed by atoms with E-state index in [1.54, 1.807) is 24.3 Å². The highest BCUT2D eigenvalue weighted by atomic mass is 32.2. The van der Waals surface area contributed by atoms with Crippen LogP contribution in [0.3, 0.4) is 0 Å². The summed E-state index contributed by atoms with van der Waals surface area (Å²) in [7, 11) is -3.22. The van der Waals surface area contributed by atoms with Crippen molar-refractivity contribution in [3.8, 4) is 0 Å². The number of aryl methyl sites for hydroxylation is 1. The molecule has 0 bridgehead atoms. The first-order valence-corrected chi connectivity index (χ1v) is 7.50. The molecule has 0 spiro atoms. The molecule has 1 rings (SSSR count). The van der Waals surface area contributed by atoms with Gasteiger partial charge in [-0.15, -0.1) is 0 Å². The molecule has 0 fully saturated rings. The molecule has 1 aromatic rings. The van der Waals surface area contributed by atoms with Gasteiger partial charge in [0.25, 0.3) is 0 Å². The molecular weight excluding hydrogens is 252 g/mol. The Hall–Kier alpha value is -1.36. The van der Waals surface area contributed by atoms with Gasteiger partial charge in [-0.3, -0.25) is 4.79 Å². The molecule has 0 atom stereocenters. The smallest absolute Gasteiger partial charge is 0.303 e. The van der Waals surface area contributed by atoms with Gasteiger partial charge in [-0.1, -0.05) is 26.0 Å². The Morgan fingerprint density at radius 2 is 1.78 bits per heavy atom. The van der Waals surface area contributed by atoms with Crippen LogP contribution in [0.1, 0.15) is 25.8 Å². The van der Waals surface area contributed by atoms with E-state index in [9.17, 15) is 13.2 Å². The first-order valence-electron chi connectivity index (χ1n) is 5.85. The number of aliphatic carboxylic acids is 1. The Bertz CT molecular complexity index is 500. The first kappa shape index (κ1) is 14.7. The Kier molecular flexibility index (Phi) is 4.90. The van der Waals surface area contributed by atoms with E-state index in [0.29, 0.717) is 11.3 Å². The molecule has 1 aromatic carbocycles. The molecule has 0 radical (unpaired) electrons. The Balaban J connectivity index is 2.79. The van der Waals surface area contributed by atoms with Gasteiger partial charge in [0.1, 0.15) is 0 Å². The van der Waals surface area contributed by atoms with E-state index in [4.69, 9.17) is 5.11 Å². The van der Waals surface area contributed by atoms with Gasteiger partial charge >= 0.3 is 5.97 Å². The molecule has 18 heavy (non-hydrogen) atoms. The van der Waals surface area contributed by atoms with Gasteiger partial charge in [-0.25, -0.2) is 8.42 Å². The third-order valence-corrected chi connectivity index (χ3v) is 4.56. The van der Waals surface area contributed by atoms with E-state index in [0.717, 1.165) is 5.56 Å². The summed E-state index contributed by atoms with van der Waals surface area (Å²) in [6, 6.07) is 6.45. The summed E-state index contributed by atoms with van der Waals surface area (Å²) < 4.78 is 23.9. The van der Waals surface area contributed by atoms with E-state index in [2.05, 4.69) is 0 Å². The van der Waals surface area contributed by atoms with E-state index in [-0.39, 0.29) is 18.1 Å². The maximum Gasteiger partial charge on any atom is 0.303 e. The van der Waals surface area contributed by atoms with E-state index in [1.807, 2.05) is 13.8 Å². The van der Waals surface area contributed by atoms with Crippen LogP contribution in [0.4, 0.5) is 0 Å². The molecule has 0 unspecified atom stereocenters. The summed E-state index contributed by atoms with van der Waals surface area (Å²) in [5.74, 6) is -0.644. The van der Waals surface area contributed by atoms with Crippen LogP contribution in [0.2, 0.25) is 0 Å². The predicted molar refractivity (Wildman–Crippen MR) is 69.3 cm³/mol. The van der Waals surface area contributed by atoms with Crippen molar-refractivity contribution in [3.63, 3.8) is 0 Å². The number of carboxylic acid groups (broad SMARTS) is 1. The largest absolute Gasteiger partial charge is 0.481 e. The fraction of sp³-hybridized carbons (Fsp3) is 0.462. The second-order valence-corrected chi connectivity index (χ2v) is 6.75. The lowest BCUT2D eigenvalue weighted by Crippen LogP contribution is -2.11. The minimum absolute atomic E-state index is 0.0537. The van der Waals surface area contributed by atoms with E-state index < -0.39 is 15.8 Å². The Morgan fingerprint density at radius 1 is 1.22 bits per heavy atom. The highest BCUT2D eigenvalue weighted by molar-refractivity contribution is 7.91.